The van der Waals surface area contributed by atoms with Crippen molar-refractivity contribution < 1.29 is 0 Å². The molecule has 0 bridgehead atoms. The van der Waals surface area contributed by atoms with E-state index in [0.717, 1.165) is 19.6 Å². The molecule has 0 aliphatic rings. The topological polar surface area (TPSA) is 15.3 Å². The molecule has 0 saturated carbocycles. The van der Waals surface area contributed by atoms with Gasteiger partial charge in [0, 0.05) is 19.1 Å². The summed E-state index contributed by atoms with van der Waals surface area (Å²) in [6.07, 6.45) is 2.42. The predicted octanol–water partition coefficient (Wildman–Crippen LogP) is 4.41. The number of rotatable bonds is 10. The molecule has 0 heterocycles. The van der Waals surface area contributed by atoms with Crippen LogP contribution in [0.25, 0.3) is 0 Å². The lowest BCUT2D eigenvalue weighted by Gasteiger charge is -2.26. The molecule has 1 unspecified atom stereocenters. The molecule has 0 aliphatic heterocycles. The van der Waals surface area contributed by atoms with E-state index < -0.39 is 0 Å². The van der Waals surface area contributed by atoms with E-state index >= 15 is 0 Å². The highest BCUT2D eigenvalue weighted by atomic mass is 15.1. The van der Waals surface area contributed by atoms with Crippen LogP contribution in [-0.2, 0) is 6.54 Å². The van der Waals surface area contributed by atoms with Crippen LogP contribution in [0, 0.1) is 0 Å². The zero-order valence-corrected chi connectivity index (χ0v) is 14.7. The Hall–Kier alpha value is -0.860. The number of hydrogen-bond donors (Lipinski definition) is 1. The van der Waals surface area contributed by atoms with E-state index in [9.17, 15) is 0 Å². The minimum Gasteiger partial charge on any atom is -0.316 e. The number of benzene rings is 1. The molecule has 0 saturated heterocycles. The summed E-state index contributed by atoms with van der Waals surface area (Å²) in [4.78, 5) is 2.54. The van der Waals surface area contributed by atoms with E-state index in [2.05, 4.69) is 69.1 Å². The molecule has 0 aliphatic carbocycles. The largest absolute Gasteiger partial charge is 0.316 e. The van der Waals surface area contributed by atoms with Crippen LogP contribution in [0.4, 0.5) is 0 Å². The second-order valence-corrected chi connectivity index (χ2v) is 6.41. The summed E-state index contributed by atoms with van der Waals surface area (Å²) in [7, 11) is 0. The first-order valence-electron chi connectivity index (χ1n) is 8.62. The van der Waals surface area contributed by atoms with Crippen molar-refractivity contribution in [3.8, 4) is 0 Å². The molecule has 120 valence electrons. The summed E-state index contributed by atoms with van der Waals surface area (Å²) in [5.74, 6) is 0.586. The lowest BCUT2D eigenvalue weighted by Crippen LogP contribution is -2.31. The van der Waals surface area contributed by atoms with Crippen LogP contribution in [0.5, 0.6) is 0 Å². The fraction of sp³-hybridized carbons (Fsp3) is 0.684. The minimum atomic E-state index is 0.586. The molecular weight excluding hydrogens is 256 g/mol. The second-order valence-electron chi connectivity index (χ2n) is 6.41. The van der Waals surface area contributed by atoms with Gasteiger partial charge in [-0.15, -0.1) is 0 Å². The summed E-state index contributed by atoms with van der Waals surface area (Å²) in [6.45, 7) is 15.8. The summed E-state index contributed by atoms with van der Waals surface area (Å²) in [5.41, 5.74) is 2.86. The van der Waals surface area contributed by atoms with Gasteiger partial charge < -0.3 is 5.32 Å². The fourth-order valence-electron chi connectivity index (χ4n) is 2.61. The van der Waals surface area contributed by atoms with Gasteiger partial charge in [0.2, 0.25) is 0 Å². The average Bonchev–Trinajstić information content (AvgIpc) is 2.47. The van der Waals surface area contributed by atoms with Gasteiger partial charge in [-0.25, -0.2) is 0 Å². The second kappa shape index (κ2) is 9.97. The van der Waals surface area contributed by atoms with Crippen LogP contribution in [0.15, 0.2) is 24.3 Å². The van der Waals surface area contributed by atoms with Crippen LogP contribution in [0.3, 0.4) is 0 Å². The van der Waals surface area contributed by atoms with Crippen LogP contribution in [0.1, 0.15) is 64.5 Å². The van der Waals surface area contributed by atoms with E-state index in [1.807, 2.05) is 0 Å². The van der Waals surface area contributed by atoms with E-state index in [0.29, 0.717) is 12.0 Å². The van der Waals surface area contributed by atoms with Gasteiger partial charge in [-0.2, -0.15) is 0 Å². The molecule has 1 aromatic rings. The predicted molar refractivity (Wildman–Crippen MR) is 93.9 cm³/mol. The number of nitrogens with one attached hydrogen (secondary N) is 1. The Morgan fingerprint density at radius 3 is 2.19 bits per heavy atom. The zero-order chi connectivity index (χ0) is 15.7. The SMILES string of the molecule is CCCNCC(C)c1ccc(CN(CCC)C(C)C)cc1. The maximum absolute atomic E-state index is 3.50. The van der Waals surface area contributed by atoms with E-state index in [-0.39, 0.29) is 0 Å². The van der Waals surface area contributed by atoms with Gasteiger partial charge in [0.25, 0.3) is 0 Å². The minimum absolute atomic E-state index is 0.586. The molecule has 0 spiro atoms. The highest BCUT2D eigenvalue weighted by molar-refractivity contribution is 5.25. The van der Waals surface area contributed by atoms with Crippen LogP contribution in [0.2, 0.25) is 0 Å². The van der Waals surface area contributed by atoms with Crippen molar-refractivity contribution in [3.63, 3.8) is 0 Å². The molecule has 0 amide bonds. The van der Waals surface area contributed by atoms with Crippen molar-refractivity contribution in [2.75, 3.05) is 19.6 Å². The fourth-order valence-corrected chi connectivity index (χ4v) is 2.61. The molecule has 1 N–H and O–H groups in total. The average molecular weight is 290 g/mol. The summed E-state index contributed by atoms with van der Waals surface area (Å²) in [5, 5.41) is 3.50. The molecule has 0 radical (unpaired) electrons. The van der Waals surface area contributed by atoms with Crippen LogP contribution >= 0.6 is 0 Å². The third kappa shape index (κ3) is 6.62. The van der Waals surface area contributed by atoms with Crippen LogP contribution < -0.4 is 5.32 Å². The third-order valence-corrected chi connectivity index (χ3v) is 4.05. The van der Waals surface area contributed by atoms with Crippen molar-refractivity contribution in [3.05, 3.63) is 35.4 Å². The molecule has 2 heteroatoms. The van der Waals surface area contributed by atoms with Gasteiger partial charge in [0.1, 0.15) is 0 Å². The molecule has 2 nitrogen and oxygen atoms in total. The van der Waals surface area contributed by atoms with Gasteiger partial charge in [0.05, 0.1) is 0 Å². The first-order chi connectivity index (χ1) is 10.1. The van der Waals surface area contributed by atoms with Crippen molar-refractivity contribution in [2.45, 2.75) is 66.0 Å². The maximum atomic E-state index is 3.50. The number of nitrogens with zero attached hydrogens (tertiary/aromatic N) is 1. The summed E-state index contributed by atoms with van der Waals surface area (Å²) >= 11 is 0. The van der Waals surface area contributed by atoms with Gasteiger partial charge in [-0.05, 0) is 56.8 Å². The van der Waals surface area contributed by atoms with Crippen molar-refractivity contribution in [1.82, 2.24) is 10.2 Å². The molecule has 1 rings (SSSR count). The first-order valence-corrected chi connectivity index (χ1v) is 8.62. The van der Waals surface area contributed by atoms with Gasteiger partial charge in [0.15, 0.2) is 0 Å². The van der Waals surface area contributed by atoms with Gasteiger partial charge >= 0.3 is 0 Å². The highest BCUT2D eigenvalue weighted by Gasteiger charge is 2.10. The Morgan fingerprint density at radius 2 is 1.67 bits per heavy atom. The molecule has 0 fully saturated rings. The summed E-state index contributed by atoms with van der Waals surface area (Å²) < 4.78 is 0. The Morgan fingerprint density at radius 1 is 1.00 bits per heavy atom. The molecule has 1 aromatic carbocycles. The monoisotopic (exact) mass is 290 g/mol. The van der Waals surface area contributed by atoms with Gasteiger partial charge in [-0.1, -0.05) is 45.0 Å². The third-order valence-electron chi connectivity index (χ3n) is 4.05. The molecular formula is C19H34N2. The molecule has 0 aromatic heterocycles. The zero-order valence-electron chi connectivity index (χ0n) is 14.7. The molecule has 21 heavy (non-hydrogen) atoms. The molecule has 1 atom stereocenters. The Balaban J connectivity index is 2.56. The number of hydrogen-bond acceptors (Lipinski definition) is 2. The van der Waals surface area contributed by atoms with Crippen LogP contribution in [-0.4, -0.2) is 30.6 Å². The van der Waals surface area contributed by atoms with Crippen molar-refractivity contribution in [2.24, 2.45) is 0 Å². The Bertz CT molecular complexity index is 370. The highest BCUT2D eigenvalue weighted by Crippen LogP contribution is 2.17. The van der Waals surface area contributed by atoms with E-state index in [1.54, 1.807) is 0 Å². The first kappa shape index (κ1) is 18.2. The van der Waals surface area contributed by atoms with E-state index in [4.69, 9.17) is 0 Å². The normalized spacial score (nSPS) is 13.1. The lowest BCUT2D eigenvalue weighted by molar-refractivity contribution is 0.213. The maximum Gasteiger partial charge on any atom is 0.0236 e. The summed E-state index contributed by atoms with van der Waals surface area (Å²) in [6, 6.07) is 9.82. The van der Waals surface area contributed by atoms with Crippen molar-refractivity contribution >= 4 is 0 Å². The van der Waals surface area contributed by atoms with Gasteiger partial charge in [-0.3, -0.25) is 4.90 Å². The smallest absolute Gasteiger partial charge is 0.0236 e. The van der Waals surface area contributed by atoms with E-state index in [1.165, 1.54) is 30.5 Å². The standard InChI is InChI=1S/C19H34N2/c1-6-12-20-14-17(5)19-10-8-18(9-11-19)15-21(13-7-2)16(3)4/h8-11,16-17,20H,6-7,12-15H2,1-5H3. The Kier molecular flexibility index (Phi) is 8.63. The lowest BCUT2D eigenvalue weighted by atomic mass is 9.99. The quantitative estimate of drug-likeness (QED) is 0.642. The Labute approximate surface area is 131 Å². The van der Waals surface area contributed by atoms with Crippen molar-refractivity contribution in [1.29, 1.82) is 0 Å².